The van der Waals surface area contributed by atoms with Crippen LogP contribution in [0.1, 0.15) is 16.4 Å². The summed E-state index contributed by atoms with van der Waals surface area (Å²) in [5, 5.41) is 11.7. The number of aromatic nitrogens is 1. The largest absolute Gasteiger partial charge is 0.476 e. The van der Waals surface area contributed by atoms with Gasteiger partial charge >= 0.3 is 5.97 Å². The third-order valence-electron chi connectivity index (χ3n) is 2.06. The molecule has 5 nitrogen and oxygen atoms in total. The van der Waals surface area contributed by atoms with Crippen LogP contribution in [0, 0.1) is 0 Å². The van der Waals surface area contributed by atoms with Crippen molar-refractivity contribution in [2.75, 3.05) is 5.32 Å². The molecule has 0 fully saturated rings. The number of carbonyl (C=O) groups is 1. The Balaban J connectivity index is 1.97. The molecule has 2 N–H and O–H groups in total. The van der Waals surface area contributed by atoms with Crippen LogP contribution in [-0.2, 0) is 6.54 Å². The summed E-state index contributed by atoms with van der Waals surface area (Å²) in [6.45, 7) is 0.342. The first-order valence-electron chi connectivity index (χ1n) is 4.82. The molecule has 0 radical (unpaired) electrons. The van der Waals surface area contributed by atoms with Gasteiger partial charge in [0, 0.05) is 10.2 Å². The molecule has 0 aliphatic carbocycles. The lowest BCUT2D eigenvalue weighted by Crippen LogP contribution is -2.01. The summed E-state index contributed by atoms with van der Waals surface area (Å²) < 4.78 is 6.00. The number of benzene rings is 1. The van der Waals surface area contributed by atoms with Crippen LogP contribution in [0.2, 0.25) is 0 Å². The van der Waals surface area contributed by atoms with Crippen LogP contribution in [0.25, 0.3) is 0 Å². The molecule has 0 bridgehead atoms. The predicted molar refractivity (Wildman–Crippen MR) is 64.9 cm³/mol. The lowest BCUT2D eigenvalue weighted by Gasteiger charge is -2.02. The molecule has 0 aliphatic heterocycles. The second-order valence-electron chi connectivity index (χ2n) is 3.29. The van der Waals surface area contributed by atoms with Gasteiger partial charge in [-0.2, -0.15) is 0 Å². The number of aromatic carboxylic acids is 1. The first-order chi connectivity index (χ1) is 8.15. The molecule has 0 saturated carbocycles. The van der Waals surface area contributed by atoms with Crippen molar-refractivity contribution < 1.29 is 14.3 Å². The normalized spacial score (nSPS) is 10.2. The quantitative estimate of drug-likeness (QED) is 0.907. The highest BCUT2D eigenvalue weighted by Gasteiger charge is 2.09. The van der Waals surface area contributed by atoms with Gasteiger partial charge in [0.1, 0.15) is 6.26 Å². The Bertz CT molecular complexity index is 522. The van der Waals surface area contributed by atoms with Crippen molar-refractivity contribution >= 4 is 27.6 Å². The second-order valence-corrected chi connectivity index (χ2v) is 4.21. The highest BCUT2D eigenvalue weighted by atomic mass is 79.9. The number of rotatable bonds is 4. The van der Waals surface area contributed by atoms with Crippen molar-refractivity contribution in [2.24, 2.45) is 0 Å². The molecule has 1 aromatic carbocycles. The van der Waals surface area contributed by atoms with Gasteiger partial charge in [0.2, 0.25) is 5.89 Å². The Morgan fingerprint density at radius 3 is 2.71 bits per heavy atom. The van der Waals surface area contributed by atoms with Gasteiger partial charge in [0.15, 0.2) is 5.69 Å². The Kier molecular flexibility index (Phi) is 3.43. The van der Waals surface area contributed by atoms with Crippen LogP contribution < -0.4 is 5.32 Å². The number of hydrogen-bond acceptors (Lipinski definition) is 4. The molecule has 0 aliphatic rings. The molecular weight excluding hydrogens is 288 g/mol. The summed E-state index contributed by atoms with van der Waals surface area (Å²) in [7, 11) is 0. The lowest BCUT2D eigenvalue weighted by molar-refractivity contribution is 0.0690. The van der Waals surface area contributed by atoms with Gasteiger partial charge in [-0.3, -0.25) is 0 Å². The summed E-state index contributed by atoms with van der Waals surface area (Å²) in [4.78, 5) is 14.4. The lowest BCUT2D eigenvalue weighted by atomic mass is 10.3. The number of carboxylic acids is 1. The molecule has 0 saturated heterocycles. The van der Waals surface area contributed by atoms with E-state index in [1.54, 1.807) is 0 Å². The summed E-state index contributed by atoms with van der Waals surface area (Å²) in [6, 6.07) is 7.59. The maximum absolute atomic E-state index is 10.6. The summed E-state index contributed by atoms with van der Waals surface area (Å²) in [5.41, 5.74) is 0.820. The number of hydrogen-bond donors (Lipinski definition) is 2. The Hall–Kier alpha value is -1.82. The van der Waals surface area contributed by atoms with Crippen molar-refractivity contribution in [3.63, 3.8) is 0 Å². The first-order valence-corrected chi connectivity index (χ1v) is 5.61. The number of oxazole rings is 1. The fraction of sp³-hybridized carbons (Fsp3) is 0.0909. The van der Waals surface area contributed by atoms with Crippen molar-refractivity contribution in [1.82, 2.24) is 4.98 Å². The first kappa shape index (κ1) is 11.7. The molecule has 0 unspecified atom stereocenters. The summed E-state index contributed by atoms with van der Waals surface area (Å²) >= 11 is 3.34. The minimum absolute atomic E-state index is 0.0855. The van der Waals surface area contributed by atoms with Gasteiger partial charge in [0.05, 0.1) is 6.54 Å². The molecular formula is C11H9BrN2O3. The van der Waals surface area contributed by atoms with E-state index in [-0.39, 0.29) is 5.69 Å². The average Bonchev–Trinajstić information content (AvgIpc) is 2.77. The Morgan fingerprint density at radius 1 is 1.41 bits per heavy atom. The highest BCUT2D eigenvalue weighted by Crippen LogP contribution is 2.14. The maximum Gasteiger partial charge on any atom is 0.357 e. The zero-order chi connectivity index (χ0) is 12.3. The molecule has 0 atom stereocenters. The van der Waals surface area contributed by atoms with Gasteiger partial charge in [-0.15, -0.1) is 0 Å². The van der Waals surface area contributed by atoms with Gasteiger partial charge in [-0.25, -0.2) is 9.78 Å². The summed E-state index contributed by atoms with van der Waals surface area (Å²) in [6.07, 6.45) is 1.13. The van der Waals surface area contributed by atoms with Crippen LogP contribution in [0.5, 0.6) is 0 Å². The van der Waals surface area contributed by atoms with Gasteiger partial charge in [0.25, 0.3) is 0 Å². The molecule has 0 spiro atoms. The predicted octanol–water partition coefficient (Wildman–Crippen LogP) is 2.75. The maximum atomic E-state index is 10.6. The fourth-order valence-corrected chi connectivity index (χ4v) is 1.50. The van der Waals surface area contributed by atoms with Crippen LogP contribution >= 0.6 is 15.9 Å². The number of anilines is 1. The van der Waals surface area contributed by atoms with Crippen LogP contribution in [-0.4, -0.2) is 16.1 Å². The zero-order valence-corrected chi connectivity index (χ0v) is 10.3. The van der Waals surface area contributed by atoms with Crippen molar-refractivity contribution in [1.29, 1.82) is 0 Å². The third kappa shape index (κ3) is 3.07. The van der Waals surface area contributed by atoms with E-state index in [2.05, 4.69) is 26.2 Å². The smallest absolute Gasteiger partial charge is 0.357 e. The molecule has 1 heterocycles. The SMILES string of the molecule is O=C(O)c1coc(CNc2ccc(Br)cc2)n1. The van der Waals surface area contributed by atoms with E-state index in [0.717, 1.165) is 16.4 Å². The number of halogens is 1. The monoisotopic (exact) mass is 296 g/mol. The topological polar surface area (TPSA) is 75.4 Å². The minimum atomic E-state index is -1.09. The highest BCUT2D eigenvalue weighted by molar-refractivity contribution is 9.10. The molecule has 88 valence electrons. The van der Waals surface area contributed by atoms with E-state index in [0.29, 0.717) is 12.4 Å². The molecule has 0 amide bonds. The van der Waals surface area contributed by atoms with Crippen LogP contribution in [0.3, 0.4) is 0 Å². The van der Waals surface area contributed by atoms with Gasteiger partial charge in [-0.1, -0.05) is 15.9 Å². The van der Waals surface area contributed by atoms with Gasteiger partial charge < -0.3 is 14.8 Å². The van der Waals surface area contributed by atoms with E-state index >= 15 is 0 Å². The Labute approximate surface area is 106 Å². The molecule has 2 rings (SSSR count). The van der Waals surface area contributed by atoms with Crippen LogP contribution in [0.15, 0.2) is 39.4 Å². The van der Waals surface area contributed by atoms with E-state index < -0.39 is 5.97 Å². The molecule has 2 aromatic rings. The third-order valence-corrected chi connectivity index (χ3v) is 2.59. The van der Waals surface area contributed by atoms with Crippen LogP contribution in [0.4, 0.5) is 5.69 Å². The zero-order valence-electron chi connectivity index (χ0n) is 8.68. The van der Waals surface area contributed by atoms with E-state index in [9.17, 15) is 4.79 Å². The molecule has 1 aromatic heterocycles. The second kappa shape index (κ2) is 5.01. The fourth-order valence-electron chi connectivity index (χ4n) is 1.24. The van der Waals surface area contributed by atoms with E-state index in [4.69, 9.17) is 9.52 Å². The summed E-state index contributed by atoms with van der Waals surface area (Å²) in [5.74, 6) is -0.756. The Morgan fingerprint density at radius 2 is 2.12 bits per heavy atom. The number of nitrogens with zero attached hydrogens (tertiary/aromatic N) is 1. The van der Waals surface area contributed by atoms with E-state index in [1.807, 2.05) is 24.3 Å². The van der Waals surface area contributed by atoms with Crippen molar-refractivity contribution in [3.05, 3.63) is 46.6 Å². The average molecular weight is 297 g/mol. The standard InChI is InChI=1S/C11H9BrN2O3/c12-7-1-3-8(4-2-7)13-5-10-14-9(6-17-10)11(15)16/h1-4,6,13H,5H2,(H,15,16). The number of nitrogens with one attached hydrogen (secondary N) is 1. The molecule has 17 heavy (non-hydrogen) atoms. The minimum Gasteiger partial charge on any atom is -0.476 e. The molecule has 6 heteroatoms. The van der Waals surface area contributed by atoms with Crippen molar-refractivity contribution in [3.8, 4) is 0 Å². The van der Waals surface area contributed by atoms with Gasteiger partial charge in [-0.05, 0) is 24.3 Å². The van der Waals surface area contributed by atoms with E-state index in [1.165, 1.54) is 0 Å². The number of carboxylic acid groups (broad SMARTS) is 1. The van der Waals surface area contributed by atoms with Crippen molar-refractivity contribution in [2.45, 2.75) is 6.54 Å².